The summed E-state index contributed by atoms with van der Waals surface area (Å²) >= 11 is 0. The fourth-order valence-electron chi connectivity index (χ4n) is 2.24. The van der Waals surface area contributed by atoms with Gasteiger partial charge in [-0.2, -0.15) is 0 Å². The smallest absolute Gasteiger partial charge is 0.276 e. The number of nitrogens with two attached hydrogens (primary N) is 1. The van der Waals surface area contributed by atoms with E-state index in [0.29, 0.717) is 24.9 Å². The van der Waals surface area contributed by atoms with Crippen LogP contribution in [-0.2, 0) is 0 Å². The maximum absolute atomic E-state index is 11.5. The standard InChI is InChI=1S/C11H19N5O2/c12-9-10(14-7-15-11(9)18)16(4-5-17)6-8-2-1-3-13-8/h7-8,13,17H,1-6,12H2,(H,14,15,18). The van der Waals surface area contributed by atoms with Gasteiger partial charge in [0, 0.05) is 19.1 Å². The van der Waals surface area contributed by atoms with Gasteiger partial charge in [0.15, 0.2) is 5.82 Å². The molecule has 1 atom stereocenters. The lowest BCUT2D eigenvalue weighted by molar-refractivity contribution is 0.300. The number of rotatable bonds is 5. The van der Waals surface area contributed by atoms with Gasteiger partial charge in [0.25, 0.3) is 5.56 Å². The van der Waals surface area contributed by atoms with Crippen molar-refractivity contribution in [3.8, 4) is 0 Å². The van der Waals surface area contributed by atoms with Crippen molar-refractivity contribution < 1.29 is 5.11 Å². The van der Waals surface area contributed by atoms with Crippen LogP contribution in [0.2, 0.25) is 0 Å². The summed E-state index contributed by atoms with van der Waals surface area (Å²) in [5.74, 6) is 0.446. The Hall–Kier alpha value is -1.60. The van der Waals surface area contributed by atoms with Gasteiger partial charge in [0.2, 0.25) is 0 Å². The van der Waals surface area contributed by atoms with E-state index < -0.39 is 0 Å². The van der Waals surface area contributed by atoms with Gasteiger partial charge in [0.05, 0.1) is 12.9 Å². The molecule has 2 rings (SSSR count). The highest BCUT2D eigenvalue weighted by atomic mass is 16.3. The molecule has 1 aliphatic rings. The first-order chi connectivity index (χ1) is 8.72. The van der Waals surface area contributed by atoms with Crippen LogP contribution in [0.25, 0.3) is 0 Å². The Morgan fingerprint density at radius 2 is 2.44 bits per heavy atom. The molecule has 100 valence electrons. The molecule has 1 aromatic rings. The second-order valence-corrected chi connectivity index (χ2v) is 4.43. The van der Waals surface area contributed by atoms with Gasteiger partial charge in [-0.3, -0.25) is 4.79 Å². The van der Waals surface area contributed by atoms with Gasteiger partial charge in [-0.25, -0.2) is 4.98 Å². The van der Waals surface area contributed by atoms with Crippen molar-refractivity contribution in [2.24, 2.45) is 0 Å². The van der Waals surface area contributed by atoms with E-state index in [1.54, 1.807) is 0 Å². The van der Waals surface area contributed by atoms with Gasteiger partial charge < -0.3 is 26.0 Å². The van der Waals surface area contributed by atoms with Gasteiger partial charge in [-0.15, -0.1) is 0 Å². The molecule has 0 saturated carbocycles. The molecule has 1 fully saturated rings. The summed E-state index contributed by atoms with van der Waals surface area (Å²) in [6, 6.07) is 0.358. The van der Waals surface area contributed by atoms with Gasteiger partial charge in [0.1, 0.15) is 5.69 Å². The van der Waals surface area contributed by atoms with Crippen molar-refractivity contribution in [3.63, 3.8) is 0 Å². The summed E-state index contributed by atoms with van der Waals surface area (Å²) in [7, 11) is 0. The summed E-state index contributed by atoms with van der Waals surface area (Å²) < 4.78 is 0. The Labute approximate surface area is 105 Å². The highest BCUT2D eigenvalue weighted by molar-refractivity contribution is 5.60. The van der Waals surface area contributed by atoms with E-state index in [0.717, 1.165) is 19.4 Å². The van der Waals surface area contributed by atoms with Gasteiger partial charge in [-0.05, 0) is 19.4 Å². The molecule has 2 heterocycles. The Morgan fingerprint density at radius 3 is 3.11 bits per heavy atom. The lowest BCUT2D eigenvalue weighted by atomic mass is 10.2. The minimum Gasteiger partial charge on any atom is -0.395 e. The molecule has 1 saturated heterocycles. The molecule has 7 heteroatoms. The molecule has 1 aromatic heterocycles. The number of hydrogen-bond donors (Lipinski definition) is 4. The lowest BCUT2D eigenvalue weighted by Gasteiger charge is -2.26. The first-order valence-corrected chi connectivity index (χ1v) is 6.14. The fraction of sp³-hybridized carbons (Fsp3) is 0.636. The van der Waals surface area contributed by atoms with Crippen LogP contribution in [0, 0.1) is 0 Å². The van der Waals surface area contributed by atoms with E-state index in [9.17, 15) is 4.79 Å². The number of nitrogens with zero attached hydrogens (tertiary/aromatic N) is 2. The number of anilines is 2. The second-order valence-electron chi connectivity index (χ2n) is 4.43. The molecule has 0 aliphatic carbocycles. The predicted molar refractivity (Wildman–Crippen MR) is 69.6 cm³/mol. The molecule has 7 nitrogen and oxygen atoms in total. The predicted octanol–water partition coefficient (Wildman–Crippen LogP) is -1.10. The number of aromatic nitrogens is 2. The van der Waals surface area contributed by atoms with E-state index in [1.165, 1.54) is 6.33 Å². The SMILES string of the molecule is Nc1c(N(CCO)CC2CCCN2)nc[nH]c1=O. The molecule has 0 spiro atoms. The average Bonchev–Trinajstić information content (AvgIpc) is 2.85. The van der Waals surface area contributed by atoms with Crippen LogP contribution >= 0.6 is 0 Å². The topological polar surface area (TPSA) is 107 Å². The van der Waals surface area contributed by atoms with E-state index in [2.05, 4.69) is 15.3 Å². The molecule has 0 amide bonds. The first-order valence-electron chi connectivity index (χ1n) is 6.14. The Morgan fingerprint density at radius 1 is 1.61 bits per heavy atom. The van der Waals surface area contributed by atoms with Crippen molar-refractivity contribution >= 4 is 11.5 Å². The molecular formula is C11H19N5O2. The van der Waals surface area contributed by atoms with Crippen LogP contribution in [-0.4, -0.2) is 47.4 Å². The average molecular weight is 253 g/mol. The van der Waals surface area contributed by atoms with E-state index in [4.69, 9.17) is 10.8 Å². The number of hydrogen-bond acceptors (Lipinski definition) is 6. The summed E-state index contributed by atoms with van der Waals surface area (Å²) in [5.41, 5.74) is 5.49. The molecule has 0 bridgehead atoms. The Bertz CT molecular complexity index is 441. The highest BCUT2D eigenvalue weighted by Crippen LogP contribution is 2.17. The summed E-state index contributed by atoms with van der Waals surface area (Å²) in [5, 5.41) is 12.5. The number of aliphatic hydroxyl groups is 1. The van der Waals surface area contributed by atoms with Crippen LogP contribution in [0.4, 0.5) is 11.5 Å². The molecule has 18 heavy (non-hydrogen) atoms. The second kappa shape index (κ2) is 5.83. The number of H-pyrrole nitrogens is 1. The minimum absolute atomic E-state index is 0.000634. The van der Waals surface area contributed by atoms with E-state index >= 15 is 0 Å². The fourth-order valence-corrected chi connectivity index (χ4v) is 2.24. The molecular weight excluding hydrogens is 234 g/mol. The molecule has 5 N–H and O–H groups in total. The summed E-state index contributed by atoms with van der Waals surface area (Å²) in [6.07, 6.45) is 3.57. The number of nitrogens with one attached hydrogen (secondary N) is 2. The van der Waals surface area contributed by atoms with Crippen LogP contribution in [0.3, 0.4) is 0 Å². The zero-order valence-electron chi connectivity index (χ0n) is 10.2. The van der Waals surface area contributed by atoms with Crippen molar-refractivity contribution in [2.45, 2.75) is 18.9 Å². The summed E-state index contributed by atoms with van der Waals surface area (Å²) in [6.45, 7) is 2.12. The zero-order valence-corrected chi connectivity index (χ0v) is 10.2. The minimum atomic E-state index is -0.345. The zero-order chi connectivity index (χ0) is 13.0. The van der Waals surface area contributed by atoms with Crippen molar-refractivity contribution in [1.82, 2.24) is 15.3 Å². The normalized spacial score (nSPS) is 19.1. The highest BCUT2D eigenvalue weighted by Gasteiger charge is 2.20. The Kier molecular flexibility index (Phi) is 4.16. The van der Waals surface area contributed by atoms with Crippen molar-refractivity contribution in [3.05, 3.63) is 16.7 Å². The van der Waals surface area contributed by atoms with E-state index in [1.807, 2.05) is 4.90 Å². The van der Waals surface area contributed by atoms with Crippen LogP contribution in [0.5, 0.6) is 0 Å². The largest absolute Gasteiger partial charge is 0.395 e. The molecule has 0 aromatic carbocycles. The van der Waals surface area contributed by atoms with Gasteiger partial charge >= 0.3 is 0 Å². The third kappa shape index (κ3) is 2.80. The third-order valence-electron chi connectivity index (χ3n) is 3.14. The van der Waals surface area contributed by atoms with Crippen LogP contribution in [0.15, 0.2) is 11.1 Å². The van der Waals surface area contributed by atoms with Crippen molar-refractivity contribution in [2.75, 3.05) is 36.9 Å². The quantitative estimate of drug-likeness (QED) is 0.531. The maximum Gasteiger partial charge on any atom is 0.276 e. The maximum atomic E-state index is 11.5. The lowest BCUT2D eigenvalue weighted by Crippen LogP contribution is -2.40. The Balaban J connectivity index is 2.17. The summed E-state index contributed by atoms with van der Waals surface area (Å²) in [4.78, 5) is 19.9. The van der Waals surface area contributed by atoms with E-state index in [-0.39, 0.29) is 17.9 Å². The molecule has 1 aliphatic heterocycles. The molecule has 0 radical (unpaired) electrons. The van der Waals surface area contributed by atoms with Crippen molar-refractivity contribution in [1.29, 1.82) is 0 Å². The molecule has 1 unspecified atom stereocenters. The third-order valence-corrected chi connectivity index (χ3v) is 3.14. The first kappa shape index (κ1) is 12.8. The number of nitrogen functional groups attached to an aromatic ring is 1. The number of aromatic amines is 1. The van der Waals surface area contributed by atoms with Crippen LogP contribution in [0.1, 0.15) is 12.8 Å². The van der Waals surface area contributed by atoms with Crippen LogP contribution < -0.4 is 21.5 Å². The monoisotopic (exact) mass is 253 g/mol. The van der Waals surface area contributed by atoms with Gasteiger partial charge in [-0.1, -0.05) is 0 Å². The number of aliphatic hydroxyl groups excluding tert-OH is 1.